The van der Waals surface area contributed by atoms with Gasteiger partial charge < -0.3 is 10.2 Å². The molecular formula is C17H32N2O. The van der Waals surface area contributed by atoms with E-state index in [-0.39, 0.29) is 0 Å². The van der Waals surface area contributed by atoms with E-state index in [1.165, 1.54) is 32.1 Å². The summed E-state index contributed by atoms with van der Waals surface area (Å²) >= 11 is 0. The van der Waals surface area contributed by atoms with E-state index < -0.39 is 0 Å². The molecule has 1 amide bonds. The van der Waals surface area contributed by atoms with Crippen LogP contribution in [0.4, 0.5) is 0 Å². The third-order valence-corrected chi connectivity index (χ3v) is 5.62. The van der Waals surface area contributed by atoms with Gasteiger partial charge in [-0.05, 0) is 62.4 Å². The smallest absolute Gasteiger partial charge is 0.222 e. The molecule has 0 saturated carbocycles. The van der Waals surface area contributed by atoms with E-state index in [4.69, 9.17) is 0 Å². The standard InChI is InChI=1S/C17H32N2O/c1-4-17(3)8-6-10-19(13-17)16(20)11-14(2)15-7-5-9-18-12-15/h14-15,18H,4-13H2,1-3H3. The number of hydrogen-bond donors (Lipinski definition) is 1. The van der Waals surface area contributed by atoms with Crippen molar-refractivity contribution in [1.82, 2.24) is 10.2 Å². The molecule has 3 atom stereocenters. The normalized spacial score (nSPS) is 33.0. The van der Waals surface area contributed by atoms with Gasteiger partial charge in [0.1, 0.15) is 0 Å². The average molecular weight is 280 g/mol. The zero-order valence-corrected chi connectivity index (χ0v) is 13.6. The summed E-state index contributed by atoms with van der Waals surface area (Å²) in [7, 11) is 0. The summed E-state index contributed by atoms with van der Waals surface area (Å²) in [5.41, 5.74) is 0.351. The van der Waals surface area contributed by atoms with Gasteiger partial charge in [0.2, 0.25) is 5.91 Å². The fourth-order valence-electron chi connectivity index (χ4n) is 3.75. The minimum atomic E-state index is 0.351. The Morgan fingerprint density at radius 3 is 2.90 bits per heavy atom. The molecule has 0 spiro atoms. The van der Waals surface area contributed by atoms with E-state index in [9.17, 15) is 4.79 Å². The summed E-state index contributed by atoms with van der Waals surface area (Å²) in [4.78, 5) is 14.7. The lowest BCUT2D eigenvalue weighted by atomic mass is 9.79. The van der Waals surface area contributed by atoms with Crippen molar-refractivity contribution in [3.8, 4) is 0 Å². The molecule has 0 aromatic carbocycles. The first-order valence-corrected chi connectivity index (χ1v) is 8.52. The van der Waals surface area contributed by atoms with E-state index in [2.05, 4.69) is 31.0 Å². The Bertz CT molecular complexity index is 325. The minimum Gasteiger partial charge on any atom is -0.342 e. The molecule has 1 N–H and O–H groups in total. The van der Waals surface area contributed by atoms with Crippen molar-refractivity contribution in [3.05, 3.63) is 0 Å². The Balaban J connectivity index is 1.84. The highest BCUT2D eigenvalue weighted by atomic mass is 16.2. The van der Waals surface area contributed by atoms with Crippen molar-refractivity contribution in [2.45, 2.75) is 59.3 Å². The van der Waals surface area contributed by atoms with E-state index >= 15 is 0 Å². The lowest BCUT2D eigenvalue weighted by Crippen LogP contribution is -2.45. The van der Waals surface area contributed by atoms with Crippen molar-refractivity contribution >= 4 is 5.91 Å². The van der Waals surface area contributed by atoms with Gasteiger partial charge in [0, 0.05) is 19.5 Å². The SMILES string of the molecule is CCC1(C)CCCN(C(=O)CC(C)C2CCCNC2)C1. The number of carbonyl (C=O) groups excluding carboxylic acids is 1. The highest BCUT2D eigenvalue weighted by molar-refractivity contribution is 5.76. The molecule has 2 heterocycles. The summed E-state index contributed by atoms with van der Waals surface area (Å²) in [5.74, 6) is 1.60. The summed E-state index contributed by atoms with van der Waals surface area (Å²) < 4.78 is 0. The molecule has 2 aliphatic heterocycles. The maximum Gasteiger partial charge on any atom is 0.222 e. The van der Waals surface area contributed by atoms with Crippen LogP contribution >= 0.6 is 0 Å². The lowest BCUT2D eigenvalue weighted by molar-refractivity contribution is -0.135. The van der Waals surface area contributed by atoms with Crippen LogP contribution in [0.15, 0.2) is 0 Å². The van der Waals surface area contributed by atoms with Gasteiger partial charge in [-0.15, -0.1) is 0 Å². The maximum absolute atomic E-state index is 12.6. The zero-order chi connectivity index (χ0) is 14.6. The number of piperidine rings is 2. The second-order valence-corrected chi connectivity index (χ2v) is 7.37. The molecule has 20 heavy (non-hydrogen) atoms. The van der Waals surface area contributed by atoms with Crippen LogP contribution in [0.3, 0.4) is 0 Å². The van der Waals surface area contributed by atoms with Crippen molar-refractivity contribution in [1.29, 1.82) is 0 Å². The summed E-state index contributed by atoms with van der Waals surface area (Å²) in [6, 6.07) is 0. The first-order valence-electron chi connectivity index (χ1n) is 8.52. The molecule has 2 saturated heterocycles. The van der Waals surface area contributed by atoms with Crippen LogP contribution in [0.2, 0.25) is 0 Å². The van der Waals surface area contributed by atoms with Gasteiger partial charge in [-0.3, -0.25) is 4.79 Å². The third-order valence-electron chi connectivity index (χ3n) is 5.62. The molecule has 0 aromatic rings. The molecule has 0 aliphatic carbocycles. The van der Waals surface area contributed by atoms with E-state index in [0.717, 1.165) is 32.6 Å². The van der Waals surface area contributed by atoms with Crippen LogP contribution in [-0.4, -0.2) is 37.0 Å². The van der Waals surface area contributed by atoms with Crippen molar-refractivity contribution in [3.63, 3.8) is 0 Å². The fourth-order valence-corrected chi connectivity index (χ4v) is 3.75. The predicted molar refractivity (Wildman–Crippen MR) is 83.6 cm³/mol. The van der Waals surface area contributed by atoms with Crippen molar-refractivity contribution < 1.29 is 4.79 Å². The topological polar surface area (TPSA) is 32.3 Å². The molecule has 0 bridgehead atoms. The van der Waals surface area contributed by atoms with E-state index in [1.54, 1.807) is 0 Å². The van der Waals surface area contributed by atoms with Gasteiger partial charge >= 0.3 is 0 Å². The van der Waals surface area contributed by atoms with Gasteiger partial charge in [0.25, 0.3) is 0 Å². The molecule has 116 valence electrons. The van der Waals surface area contributed by atoms with Gasteiger partial charge in [-0.2, -0.15) is 0 Å². The Morgan fingerprint density at radius 2 is 2.25 bits per heavy atom. The molecule has 2 aliphatic rings. The third kappa shape index (κ3) is 3.97. The number of rotatable bonds is 4. The van der Waals surface area contributed by atoms with Crippen LogP contribution in [0, 0.1) is 17.3 Å². The monoisotopic (exact) mass is 280 g/mol. The van der Waals surface area contributed by atoms with Gasteiger partial charge in [0.05, 0.1) is 0 Å². The Kier molecular flexibility index (Phi) is 5.48. The van der Waals surface area contributed by atoms with E-state index in [1.807, 2.05) is 0 Å². The fraction of sp³-hybridized carbons (Fsp3) is 0.941. The van der Waals surface area contributed by atoms with Crippen LogP contribution in [0.5, 0.6) is 0 Å². The van der Waals surface area contributed by atoms with Crippen LogP contribution in [0.25, 0.3) is 0 Å². The van der Waals surface area contributed by atoms with Crippen molar-refractivity contribution in [2.75, 3.05) is 26.2 Å². The van der Waals surface area contributed by atoms with Crippen LogP contribution < -0.4 is 5.32 Å². The molecule has 3 unspecified atom stereocenters. The predicted octanol–water partition coefficient (Wildman–Crippen LogP) is 3.05. The molecule has 0 radical (unpaired) electrons. The quantitative estimate of drug-likeness (QED) is 0.858. The summed E-state index contributed by atoms with van der Waals surface area (Å²) in [5, 5.41) is 3.47. The highest BCUT2D eigenvalue weighted by Crippen LogP contribution is 2.33. The summed E-state index contributed by atoms with van der Waals surface area (Å²) in [6.07, 6.45) is 6.92. The number of nitrogens with one attached hydrogen (secondary N) is 1. The minimum absolute atomic E-state index is 0.351. The van der Waals surface area contributed by atoms with Crippen molar-refractivity contribution in [2.24, 2.45) is 17.3 Å². The molecule has 2 rings (SSSR count). The second kappa shape index (κ2) is 6.93. The van der Waals surface area contributed by atoms with Gasteiger partial charge in [-0.25, -0.2) is 0 Å². The van der Waals surface area contributed by atoms with Gasteiger partial charge in [-0.1, -0.05) is 20.8 Å². The molecule has 3 heteroatoms. The first-order chi connectivity index (χ1) is 9.54. The largest absolute Gasteiger partial charge is 0.342 e. The lowest BCUT2D eigenvalue weighted by Gasteiger charge is -2.40. The van der Waals surface area contributed by atoms with E-state index in [0.29, 0.717) is 23.2 Å². The maximum atomic E-state index is 12.6. The number of amides is 1. The highest BCUT2D eigenvalue weighted by Gasteiger charge is 2.32. The number of likely N-dealkylation sites (tertiary alicyclic amines) is 1. The molecule has 2 fully saturated rings. The second-order valence-electron chi connectivity index (χ2n) is 7.37. The Hall–Kier alpha value is -0.570. The number of carbonyl (C=O) groups is 1. The number of nitrogens with zero attached hydrogens (tertiary/aromatic N) is 1. The first kappa shape index (κ1) is 15.8. The number of hydrogen-bond acceptors (Lipinski definition) is 2. The van der Waals surface area contributed by atoms with Crippen LogP contribution in [-0.2, 0) is 4.79 Å². The Labute approximate surface area is 124 Å². The molecule has 0 aromatic heterocycles. The van der Waals surface area contributed by atoms with Crippen LogP contribution in [0.1, 0.15) is 59.3 Å². The zero-order valence-electron chi connectivity index (χ0n) is 13.6. The molecular weight excluding hydrogens is 248 g/mol. The molecule has 3 nitrogen and oxygen atoms in total. The van der Waals surface area contributed by atoms with Gasteiger partial charge in [0.15, 0.2) is 0 Å². The Morgan fingerprint density at radius 1 is 1.45 bits per heavy atom. The average Bonchev–Trinajstić information content (AvgIpc) is 2.48. The summed E-state index contributed by atoms with van der Waals surface area (Å²) in [6.45, 7) is 11.0.